The van der Waals surface area contributed by atoms with E-state index >= 15 is 0 Å². The number of methoxy groups -OCH3 is 2. The van der Waals surface area contributed by atoms with E-state index in [1.54, 1.807) is 14.2 Å². The molecule has 2 rings (SSSR count). The molecule has 0 spiro atoms. The van der Waals surface area contributed by atoms with Gasteiger partial charge in [0.1, 0.15) is 0 Å². The lowest BCUT2D eigenvalue weighted by Crippen LogP contribution is -2.61. The van der Waals surface area contributed by atoms with Gasteiger partial charge in [0.15, 0.2) is 5.79 Å². The standard InChI is InChI=1S/C12H23NO4/c1-11(15-2,16-3)8-12(14)4-9-6-17-7-10(5-12)13-9/h9-10,13-14H,4-8H2,1-3H3. The van der Waals surface area contributed by atoms with E-state index in [9.17, 15) is 5.11 Å². The Kier molecular flexibility index (Phi) is 3.75. The van der Waals surface area contributed by atoms with E-state index in [1.165, 1.54) is 0 Å². The number of rotatable bonds is 4. The Morgan fingerprint density at radius 3 is 2.29 bits per heavy atom. The van der Waals surface area contributed by atoms with Crippen LogP contribution in [-0.4, -0.2) is 56.0 Å². The average molecular weight is 245 g/mol. The summed E-state index contributed by atoms with van der Waals surface area (Å²) in [6.45, 7) is 3.21. The van der Waals surface area contributed by atoms with Gasteiger partial charge in [0.2, 0.25) is 0 Å². The van der Waals surface area contributed by atoms with Gasteiger partial charge in [0.25, 0.3) is 0 Å². The van der Waals surface area contributed by atoms with Crippen LogP contribution in [0, 0.1) is 0 Å². The Labute approximate surface area is 102 Å². The number of hydrogen-bond acceptors (Lipinski definition) is 5. The summed E-state index contributed by atoms with van der Waals surface area (Å²) in [7, 11) is 3.22. The fourth-order valence-electron chi connectivity index (χ4n) is 2.99. The van der Waals surface area contributed by atoms with Crippen LogP contribution in [0.3, 0.4) is 0 Å². The highest BCUT2D eigenvalue weighted by Crippen LogP contribution is 2.35. The van der Waals surface area contributed by atoms with Crippen molar-refractivity contribution >= 4 is 0 Å². The van der Waals surface area contributed by atoms with Crippen molar-refractivity contribution < 1.29 is 19.3 Å². The number of hydrogen-bond donors (Lipinski definition) is 2. The molecule has 2 N–H and O–H groups in total. The molecule has 0 aromatic carbocycles. The third-order valence-electron chi connectivity index (χ3n) is 3.88. The second-order valence-corrected chi connectivity index (χ2v) is 5.45. The third-order valence-corrected chi connectivity index (χ3v) is 3.88. The van der Waals surface area contributed by atoms with E-state index in [0.717, 1.165) is 0 Å². The number of aliphatic hydroxyl groups is 1. The highest BCUT2D eigenvalue weighted by atomic mass is 16.7. The SMILES string of the molecule is COC(C)(CC1(O)CC2COCC(C1)N2)OC. The quantitative estimate of drug-likeness (QED) is 0.696. The molecule has 0 radical (unpaired) electrons. The molecule has 0 aromatic heterocycles. The van der Waals surface area contributed by atoms with Gasteiger partial charge < -0.3 is 24.6 Å². The van der Waals surface area contributed by atoms with Gasteiger partial charge in [-0.1, -0.05) is 0 Å². The van der Waals surface area contributed by atoms with Gasteiger partial charge in [-0.2, -0.15) is 0 Å². The molecule has 2 unspecified atom stereocenters. The minimum Gasteiger partial charge on any atom is -0.390 e. The zero-order valence-electron chi connectivity index (χ0n) is 10.9. The summed E-state index contributed by atoms with van der Waals surface area (Å²) in [4.78, 5) is 0. The van der Waals surface area contributed by atoms with E-state index in [1.807, 2.05) is 6.92 Å². The molecule has 2 aliphatic heterocycles. The number of morpholine rings is 1. The van der Waals surface area contributed by atoms with E-state index in [-0.39, 0.29) is 12.1 Å². The van der Waals surface area contributed by atoms with Crippen molar-refractivity contribution in [3.63, 3.8) is 0 Å². The second-order valence-electron chi connectivity index (χ2n) is 5.45. The monoisotopic (exact) mass is 245 g/mol. The minimum atomic E-state index is -0.731. The first-order valence-electron chi connectivity index (χ1n) is 6.15. The van der Waals surface area contributed by atoms with Crippen molar-refractivity contribution in [1.29, 1.82) is 0 Å². The largest absolute Gasteiger partial charge is 0.390 e. The van der Waals surface area contributed by atoms with Gasteiger partial charge in [0, 0.05) is 32.7 Å². The number of piperidine rings is 1. The second kappa shape index (κ2) is 4.82. The molecule has 2 bridgehead atoms. The lowest BCUT2D eigenvalue weighted by atomic mass is 9.78. The third kappa shape index (κ3) is 2.98. The van der Waals surface area contributed by atoms with Crippen LogP contribution in [0.4, 0.5) is 0 Å². The lowest BCUT2D eigenvalue weighted by molar-refractivity contribution is -0.231. The number of fused-ring (bicyclic) bond motifs is 2. The van der Waals surface area contributed by atoms with Crippen LogP contribution in [0.15, 0.2) is 0 Å². The van der Waals surface area contributed by atoms with Gasteiger partial charge in [0.05, 0.1) is 18.8 Å². The van der Waals surface area contributed by atoms with Crippen molar-refractivity contribution in [2.75, 3.05) is 27.4 Å². The molecule has 0 amide bonds. The van der Waals surface area contributed by atoms with E-state index in [2.05, 4.69) is 5.32 Å². The van der Waals surface area contributed by atoms with E-state index in [0.29, 0.717) is 32.5 Å². The average Bonchev–Trinajstić information content (AvgIpc) is 2.27. The van der Waals surface area contributed by atoms with Gasteiger partial charge in [-0.05, 0) is 19.8 Å². The number of ether oxygens (including phenoxy) is 3. The van der Waals surface area contributed by atoms with Crippen LogP contribution in [-0.2, 0) is 14.2 Å². The maximum Gasteiger partial charge on any atom is 0.167 e. The van der Waals surface area contributed by atoms with Crippen LogP contribution in [0.5, 0.6) is 0 Å². The van der Waals surface area contributed by atoms with Crippen molar-refractivity contribution in [2.45, 2.75) is 49.7 Å². The zero-order valence-corrected chi connectivity index (χ0v) is 10.9. The van der Waals surface area contributed by atoms with Crippen LogP contribution >= 0.6 is 0 Å². The van der Waals surface area contributed by atoms with Crippen molar-refractivity contribution in [1.82, 2.24) is 5.32 Å². The Hall–Kier alpha value is -0.200. The van der Waals surface area contributed by atoms with Crippen molar-refractivity contribution in [2.24, 2.45) is 0 Å². The van der Waals surface area contributed by atoms with Crippen molar-refractivity contribution in [3.05, 3.63) is 0 Å². The molecule has 2 fully saturated rings. The molecule has 0 aliphatic carbocycles. The summed E-state index contributed by atoms with van der Waals surface area (Å²) < 4.78 is 16.2. The fraction of sp³-hybridized carbons (Fsp3) is 1.00. The van der Waals surface area contributed by atoms with Crippen LogP contribution in [0.2, 0.25) is 0 Å². The van der Waals surface area contributed by atoms with E-state index in [4.69, 9.17) is 14.2 Å². The molecule has 2 saturated heterocycles. The highest BCUT2D eigenvalue weighted by molar-refractivity contribution is 4.99. The Morgan fingerprint density at radius 1 is 1.29 bits per heavy atom. The molecule has 2 atom stereocenters. The molecule has 5 nitrogen and oxygen atoms in total. The Bertz CT molecular complexity index is 255. The summed E-state index contributed by atoms with van der Waals surface area (Å²) in [5.41, 5.74) is -0.731. The topological polar surface area (TPSA) is 60.0 Å². The maximum absolute atomic E-state index is 10.7. The molecule has 0 saturated carbocycles. The fourth-order valence-corrected chi connectivity index (χ4v) is 2.99. The van der Waals surface area contributed by atoms with Gasteiger partial charge >= 0.3 is 0 Å². The minimum absolute atomic E-state index is 0.241. The van der Waals surface area contributed by atoms with Gasteiger partial charge in [-0.3, -0.25) is 0 Å². The molecule has 17 heavy (non-hydrogen) atoms. The predicted molar refractivity (Wildman–Crippen MR) is 62.8 cm³/mol. The van der Waals surface area contributed by atoms with Gasteiger partial charge in [-0.25, -0.2) is 0 Å². The van der Waals surface area contributed by atoms with Crippen molar-refractivity contribution in [3.8, 4) is 0 Å². The Morgan fingerprint density at radius 2 is 1.82 bits per heavy atom. The summed E-state index contributed by atoms with van der Waals surface area (Å²) in [6, 6.07) is 0.482. The summed E-state index contributed by atoms with van der Waals surface area (Å²) in [5.74, 6) is -0.721. The van der Waals surface area contributed by atoms with Gasteiger partial charge in [-0.15, -0.1) is 0 Å². The van der Waals surface area contributed by atoms with Crippen LogP contribution in [0.1, 0.15) is 26.2 Å². The number of nitrogens with one attached hydrogen (secondary N) is 1. The summed E-state index contributed by atoms with van der Waals surface area (Å²) in [5, 5.41) is 14.2. The van der Waals surface area contributed by atoms with Crippen LogP contribution < -0.4 is 5.32 Å². The molecule has 100 valence electrons. The molecule has 2 aliphatic rings. The van der Waals surface area contributed by atoms with Crippen LogP contribution in [0.25, 0.3) is 0 Å². The highest BCUT2D eigenvalue weighted by Gasteiger charge is 2.45. The molecular formula is C12H23NO4. The molecule has 0 aromatic rings. The smallest absolute Gasteiger partial charge is 0.167 e. The normalized spacial score (nSPS) is 38.1. The molecular weight excluding hydrogens is 222 g/mol. The lowest BCUT2D eigenvalue weighted by Gasteiger charge is -2.47. The first kappa shape index (κ1) is 13.2. The molecule has 2 heterocycles. The Balaban J connectivity index is 2.03. The summed E-state index contributed by atoms with van der Waals surface area (Å²) in [6.07, 6.45) is 1.86. The summed E-state index contributed by atoms with van der Waals surface area (Å²) >= 11 is 0. The first-order chi connectivity index (χ1) is 7.99. The maximum atomic E-state index is 10.7. The predicted octanol–water partition coefficient (Wildman–Crippen LogP) is 0.267. The molecule has 5 heteroatoms. The van der Waals surface area contributed by atoms with E-state index < -0.39 is 11.4 Å². The first-order valence-corrected chi connectivity index (χ1v) is 6.15. The zero-order chi connectivity index (χ0) is 12.5.